The number of carbonyl (C=O) groups excluding carboxylic acids is 1. The van der Waals surface area contributed by atoms with E-state index >= 15 is 0 Å². The fraction of sp³-hybridized carbons (Fsp3) is 0.0588. The molecule has 0 aliphatic rings. The number of hydrogen-bond donors (Lipinski definition) is 0. The first kappa shape index (κ1) is 13.1. The highest BCUT2D eigenvalue weighted by atomic mass is 16.5. The van der Waals surface area contributed by atoms with E-state index in [1.54, 1.807) is 55.6 Å². The van der Waals surface area contributed by atoms with Crippen molar-refractivity contribution in [3.8, 4) is 5.75 Å². The highest BCUT2D eigenvalue weighted by Crippen LogP contribution is 2.16. The Kier molecular flexibility index (Phi) is 3.28. The molecule has 0 N–H and O–H groups in total. The monoisotopic (exact) mass is 279 g/mol. The lowest BCUT2D eigenvalue weighted by atomic mass is 10.1. The van der Waals surface area contributed by atoms with Gasteiger partial charge in [0.15, 0.2) is 0 Å². The van der Waals surface area contributed by atoms with E-state index in [9.17, 15) is 10.0 Å². The molecule has 0 saturated carbocycles. The summed E-state index contributed by atoms with van der Waals surface area (Å²) >= 11 is 0. The zero-order chi connectivity index (χ0) is 14.8. The number of ketones is 1. The Bertz CT molecular complexity index is 810. The van der Waals surface area contributed by atoms with E-state index in [1.165, 1.54) is 0 Å². The highest BCUT2D eigenvalue weighted by Gasteiger charge is 2.19. The molecule has 0 aliphatic heterocycles. The number of ether oxygens (including phenoxy) is 1. The molecule has 0 radical (unpaired) electrons. The largest absolute Gasteiger partial charge is 0.618 e. The van der Waals surface area contributed by atoms with E-state index in [0.717, 1.165) is 5.39 Å². The van der Waals surface area contributed by atoms with Crippen LogP contribution in [0.1, 0.15) is 16.1 Å². The van der Waals surface area contributed by atoms with Crippen LogP contribution in [0, 0.1) is 5.21 Å². The number of aromatic nitrogens is 1. The van der Waals surface area contributed by atoms with Crippen molar-refractivity contribution in [1.82, 2.24) is 0 Å². The van der Waals surface area contributed by atoms with E-state index in [0.29, 0.717) is 21.6 Å². The van der Waals surface area contributed by atoms with Gasteiger partial charge in [-0.3, -0.25) is 4.79 Å². The molecule has 4 nitrogen and oxygen atoms in total. The standard InChI is InChI=1S/C17H13NO3/c1-21-14-9-6-13(7-10-14)17(19)16-11-8-12-4-2-3-5-15(12)18(16)20/h2-11H,1H3. The van der Waals surface area contributed by atoms with Gasteiger partial charge in [0.05, 0.1) is 7.11 Å². The molecule has 0 fully saturated rings. The highest BCUT2D eigenvalue weighted by molar-refractivity contribution is 6.07. The number of para-hydroxylation sites is 1. The molecule has 0 unspecified atom stereocenters. The lowest BCUT2D eigenvalue weighted by Gasteiger charge is -2.07. The van der Waals surface area contributed by atoms with Crippen molar-refractivity contribution in [1.29, 1.82) is 0 Å². The third-order valence-corrected chi connectivity index (χ3v) is 3.38. The van der Waals surface area contributed by atoms with Gasteiger partial charge in [-0.2, -0.15) is 4.73 Å². The van der Waals surface area contributed by atoms with Crippen LogP contribution in [0.5, 0.6) is 5.75 Å². The number of benzene rings is 2. The predicted octanol–water partition coefficient (Wildman–Crippen LogP) is 2.71. The van der Waals surface area contributed by atoms with Gasteiger partial charge in [-0.1, -0.05) is 12.1 Å². The number of fused-ring (bicyclic) bond motifs is 1. The fourth-order valence-electron chi connectivity index (χ4n) is 2.24. The molecular formula is C17H13NO3. The van der Waals surface area contributed by atoms with Crippen LogP contribution < -0.4 is 9.47 Å². The number of methoxy groups -OCH3 is 1. The first-order valence-electron chi connectivity index (χ1n) is 6.51. The molecular weight excluding hydrogens is 266 g/mol. The average molecular weight is 279 g/mol. The lowest BCUT2D eigenvalue weighted by molar-refractivity contribution is -0.579. The first-order chi connectivity index (χ1) is 10.2. The minimum atomic E-state index is -0.307. The van der Waals surface area contributed by atoms with Crippen LogP contribution in [0.2, 0.25) is 0 Å². The summed E-state index contributed by atoms with van der Waals surface area (Å²) in [6.07, 6.45) is 0. The van der Waals surface area contributed by atoms with E-state index in [1.807, 2.05) is 12.1 Å². The van der Waals surface area contributed by atoms with E-state index < -0.39 is 0 Å². The van der Waals surface area contributed by atoms with Gasteiger partial charge < -0.3 is 9.94 Å². The second kappa shape index (κ2) is 5.25. The van der Waals surface area contributed by atoms with Gasteiger partial charge in [0.1, 0.15) is 5.75 Å². The summed E-state index contributed by atoms with van der Waals surface area (Å²) in [4.78, 5) is 12.4. The van der Waals surface area contributed by atoms with Gasteiger partial charge in [-0.25, -0.2) is 0 Å². The summed E-state index contributed by atoms with van der Waals surface area (Å²) in [5.74, 6) is 0.360. The molecule has 4 heteroatoms. The van der Waals surface area contributed by atoms with Gasteiger partial charge in [0.2, 0.25) is 5.52 Å². The van der Waals surface area contributed by atoms with Crippen molar-refractivity contribution in [2.75, 3.05) is 7.11 Å². The molecule has 1 heterocycles. The number of rotatable bonds is 3. The minimum Gasteiger partial charge on any atom is -0.618 e. The fourth-order valence-corrected chi connectivity index (χ4v) is 2.24. The van der Waals surface area contributed by atoms with Crippen molar-refractivity contribution in [3.63, 3.8) is 0 Å². The average Bonchev–Trinajstić information content (AvgIpc) is 2.55. The smallest absolute Gasteiger partial charge is 0.265 e. The van der Waals surface area contributed by atoms with Gasteiger partial charge in [0, 0.05) is 23.1 Å². The van der Waals surface area contributed by atoms with E-state index in [2.05, 4.69) is 0 Å². The van der Waals surface area contributed by atoms with Gasteiger partial charge in [0.25, 0.3) is 11.5 Å². The van der Waals surface area contributed by atoms with Crippen molar-refractivity contribution in [2.45, 2.75) is 0 Å². The van der Waals surface area contributed by atoms with Gasteiger partial charge in [-0.05, 0) is 36.4 Å². The maximum atomic E-state index is 12.4. The molecule has 2 aromatic carbocycles. The molecule has 3 rings (SSSR count). The molecule has 0 amide bonds. The van der Waals surface area contributed by atoms with Crippen molar-refractivity contribution in [2.24, 2.45) is 0 Å². The van der Waals surface area contributed by atoms with Crippen LogP contribution in [0.4, 0.5) is 0 Å². The third-order valence-electron chi connectivity index (χ3n) is 3.38. The summed E-state index contributed by atoms with van der Waals surface area (Å²) in [7, 11) is 1.56. The molecule has 3 aromatic rings. The van der Waals surface area contributed by atoms with Crippen LogP contribution in [0.25, 0.3) is 10.9 Å². The maximum Gasteiger partial charge on any atom is 0.265 e. The van der Waals surface area contributed by atoms with Crippen molar-refractivity contribution in [3.05, 3.63) is 77.1 Å². The summed E-state index contributed by atoms with van der Waals surface area (Å²) in [6, 6.07) is 17.2. The Labute approximate surface area is 121 Å². The zero-order valence-electron chi connectivity index (χ0n) is 11.4. The normalized spacial score (nSPS) is 10.5. The number of hydrogen-bond acceptors (Lipinski definition) is 3. The van der Waals surface area contributed by atoms with Crippen LogP contribution >= 0.6 is 0 Å². The number of pyridine rings is 1. The summed E-state index contributed by atoms with van der Waals surface area (Å²) < 4.78 is 5.74. The summed E-state index contributed by atoms with van der Waals surface area (Å²) in [5.41, 5.74) is 1.05. The Morgan fingerprint density at radius 2 is 1.71 bits per heavy atom. The second-order valence-corrected chi connectivity index (χ2v) is 4.63. The van der Waals surface area contributed by atoms with Gasteiger partial charge in [-0.15, -0.1) is 0 Å². The molecule has 21 heavy (non-hydrogen) atoms. The first-order valence-corrected chi connectivity index (χ1v) is 6.51. The van der Waals surface area contributed by atoms with Crippen LogP contribution in [-0.2, 0) is 0 Å². The Balaban J connectivity index is 2.06. The van der Waals surface area contributed by atoms with Crippen LogP contribution in [-0.4, -0.2) is 12.9 Å². The molecule has 0 atom stereocenters. The Morgan fingerprint density at radius 3 is 2.43 bits per heavy atom. The predicted molar refractivity (Wildman–Crippen MR) is 79.3 cm³/mol. The van der Waals surface area contributed by atoms with Gasteiger partial charge >= 0.3 is 0 Å². The molecule has 104 valence electrons. The molecule has 1 aromatic heterocycles. The van der Waals surface area contributed by atoms with E-state index in [-0.39, 0.29) is 11.5 Å². The topological polar surface area (TPSA) is 53.2 Å². The van der Waals surface area contributed by atoms with Crippen LogP contribution in [0.15, 0.2) is 60.7 Å². The molecule has 0 spiro atoms. The Morgan fingerprint density at radius 1 is 1.00 bits per heavy atom. The SMILES string of the molecule is COc1ccc(C(=O)c2ccc3ccccc3[n+]2[O-])cc1. The lowest BCUT2D eigenvalue weighted by Crippen LogP contribution is -2.35. The molecule has 0 aliphatic carbocycles. The number of nitrogens with zero attached hydrogens (tertiary/aromatic N) is 1. The minimum absolute atomic E-state index is 0.110. The summed E-state index contributed by atoms with van der Waals surface area (Å²) in [6.45, 7) is 0. The third kappa shape index (κ3) is 2.31. The van der Waals surface area contributed by atoms with E-state index in [4.69, 9.17) is 4.74 Å². The zero-order valence-corrected chi connectivity index (χ0v) is 11.4. The Hall–Kier alpha value is -2.88. The quantitative estimate of drug-likeness (QED) is 0.421. The molecule has 0 bridgehead atoms. The maximum absolute atomic E-state index is 12.4. The number of carbonyl (C=O) groups is 1. The van der Waals surface area contributed by atoms with Crippen LogP contribution in [0.3, 0.4) is 0 Å². The second-order valence-electron chi connectivity index (χ2n) is 4.63. The summed E-state index contributed by atoms with van der Waals surface area (Å²) in [5, 5.41) is 13.1. The van der Waals surface area contributed by atoms with Crippen molar-refractivity contribution >= 4 is 16.7 Å². The molecule has 0 saturated heterocycles. The van der Waals surface area contributed by atoms with Crippen molar-refractivity contribution < 1.29 is 14.3 Å².